The molecule has 23 heavy (non-hydrogen) atoms. The Kier molecular flexibility index (Phi) is 6.48. The van der Waals surface area contributed by atoms with Crippen molar-refractivity contribution in [2.45, 2.75) is 25.7 Å². The molecule has 0 atom stereocenters. The lowest BCUT2D eigenvalue weighted by Crippen LogP contribution is -2.03. The number of carbonyl (C=O) groups excluding carboxylic acids is 1. The highest BCUT2D eigenvalue weighted by atomic mass is 16.5. The molecule has 0 amide bonds. The Hall–Kier alpha value is -2.49. The Labute approximate surface area is 137 Å². The molecule has 0 aromatic heterocycles. The van der Waals surface area contributed by atoms with E-state index in [0.29, 0.717) is 6.42 Å². The van der Waals surface area contributed by atoms with E-state index in [2.05, 4.69) is 34.3 Å². The van der Waals surface area contributed by atoms with Crippen molar-refractivity contribution in [1.29, 1.82) is 0 Å². The number of rotatable bonds is 8. The lowest BCUT2D eigenvalue weighted by Gasteiger charge is -2.09. The third-order valence-corrected chi connectivity index (χ3v) is 3.70. The molecule has 2 aromatic rings. The maximum absolute atomic E-state index is 11.0. The summed E-state index contributed by atoms with van der Waals surface area (Å²) in [5.41, 5.74) is 9.97. The fourth-order valence-corrected chi connectivity index (χ4v) is 2.43. The minimum Gasteiger partial charge on any atom is -0.469 e. The second-order valence-corrected chi connectivity index (χ2v) is 5.52. The van der Waals surface area contributed by atoms with Gasteiger partial charge >= 0.3 is 5.97 Å². The number of unbranched alkanes of at least 4 members (excludes halogenated alkanes) is 2. The molecule has 2 aromatic carbocycles. The minimum atomic E-state index is -0.132. The molecule has 0 heterocycles. The van der Waals surface area contributed by atoms with Gasteiger partial charge in [-0.05, 0) is 48.2 Å². The molecular formula is C19H24N2O2. The van der Waals surface area contributed by atoms with E-state index < -0.39 is 0 Å². The number of esters is 1. The highest BCUT2D eigenvalue weighted by Gasteiger charge is 2.01. The zero-order valence-electron chi connectivity index (χ0n) is 13.5. The Bertz CT molecular complexity index is 641. The van der Waals surface area contributed by atoms with Crippen LogP contribution in [0.3, 0.4) is 0 Å². The fourth-order valence-electron chi connectivity index (χ4n) is 2.43. The van der Waals surface area contributed by atoms with Gasteiger partial charge in [-0.15, -0.1) is 0 Å². The standard InChI is InChI=1S/C19H24N2O2/c1-23-19(22)11-3-2-4-12-21-18-10-6-8-16(14-18)15-7-5-9-17(20)13-15/h5-10,13-14,21H,2-4,11-12,20H2,1H3. The summed E-state index contributed by atoms with van der Waals surface area (Å²) in [5.74, 6) is -0.132. The first-order valence-electron chi connectivity index (χ1n) is 7.96. The topological polar surface area (TPSA) is 64.3 Å². The molecule has 0 spiro atoms. The SMILES string of the molecule is COC(=O)CCCCCNc1cccc(-c2cccc(N)c2)c1. The number of hydrogen-bond donors (Lipinski definition) is 2. The van der Waals surface area contributed by atoms with E-state index in [-0.39, 0.29) is 5.97 Å². The maximum Gasteiger partial charge on any atom is 0.305 e. The van der Waals surface area contributed by atoms with E-state index in [1.54, 1.807) is 0 Å². The molecule has 0 unspecified atom stereocenters. The molecule has 122 valence electrons. The van der Waals surface area contributed by atoms with Gasteiger partial charge in [0, 0.05) is 24.3 Å². The molecule has 0 bridgehead atoms. The highest BCUT2D eigenvalue weighted by Crippen LogP contribution is 2.24. The average molecular weight is 312 g/mol. The number of hydrogen-bond acceptors (Lipinski definition) is 4. The van der Waals surface area contributed by atoms with Crippen molar-refractivity contribution in [3.8, 4) is 11.1 Å². The predicted octanol–water partition coefficient (Wildman–Crippen LogP) is 4.08. The summed E-state index contributed by atoms with van der Waals surface area (Å²) >= 11 is 0. The van der Waals surface area contributed by atoms with Gasteiger partial charge in [0.25, 0.3) is 0 Å². The van der Waals surface area contributed by atoms with Crippen LogP contribution in [-0.4, -0.2) is 19.6 Å². The summed E-state index contributed by atoms with van der Waals surface area (Å²) in [5, 5.41) is 3.42. The highest BCUT2D eigenvalue weighted by molar-refractivity contribution is 5.70. The van der Waals surface area contributed by atoms with Gasteiger partial charge in [-0.2, -0.15) is 0 Å². The van der Waals surface area contributed by atoms with Crippen LogP contribution >= 0.6 is 0 Å². The lowest BCUT2D eigenvalue weighted by atomic mass is 10.0. The molecule has 0 aliphatic rings. The number of methoxy groups -OCH3 is 1. The number of benzene rings is 2. The van der Waals surface area contributed by atoms with Crippen LogP contribution < -0.4 is 11.1 Å². The van der Waals surface area contributed by atoms with Crippen LogP contribution in [0.25, 0.3) is 11.1 Å². The summed E-state index contributed by atoms with van der Waals surface area (Å²) in [6.07, 6.45) is 3.41. The zero-order valence-corrected chi connectivity index (χ0v) is 13.5. The molecule has 0 radical (unpaired) electrons. The predicted molar refractivity (Wildman–Crippen MR) is 95.3 cm³/mol. The summed E-state index contributed by atoms with van der Waals surface area (Å²) < 4.78 is 4.63. The molecule has 0 aliphatic carbocycles. The van der Waals surface area contributed by atoms with E-state index in [0.717, 1.165) is 48.3 Å². The Morgan fingerprint density at radius 3 is 2.52 bits per heavy atom. The Morgan fingerprint density at radius 1 is 1.04 bits per heavy atom. The normalized spacial score (nSPS) is 10.3. The van der Waals surface area contributed by atoms with Gasteiger partial charge < -0.3 is 15.8 Å². The molecule has 3 N–H and O–H groups in total. The second-order valence-electron chi connectivity index (χ2n) is 5.52. The largest absolute Gasteiger partial charge is 0.469 e. The molecule has 4 heteroatoms. The first-order chi connectivity index (χ1) is 11.2. The van der Waals surface area contributed by atoms with Gasteiger partial charge in [0.2, 0.25) is 0 Å². The minimum absolute atomic E-state index is 0.132. The Balaban J connectivity index is 1.80. The third-order valence-electron chi connectivity index (χ3n) is 3.70. The van der Waals surface area contributed by atoms with Crippen LogP contribution in [0.4, 0.5) is 11.4 Å². The van der Waals surface area contributed by atoms with Crippen LogP contribution in [0, 0.1) is 0 Å². The van der Waals surface area contributed by atoms with E-state index >= 15 is 0 Å². The van der Waals surface area contributed by atoms with E-state index in [1.807, 2.05) is 24.3 Å². The van der Waals surface area contributed by atoms with Crippen molar-refractivity contribution in [3.05, 3.63) is 48.5 Å². The number of nitrogen functional groups attached to an aromatic ring is 1. The number of anilines is 2. The lowest BCUT2D eigenvalue weighted by molar-refractivity contribution is -0.140. The molecule has 0 saturated carbocycles. The number of ether oxygens (including phenoxy) is 1. The summed E-state index contributed by atoms with van der Waals surface area (Å²) in [6.45, 7) is 0.890. The van der Waals surface area contributed by atoms with Gasteiger partial charge in [-0.1, -0.05) is 30.7 Å². The van der Waals surface area contributed by atoms with Crippen molar-refractivity contribution in [2.75, 3.05) is 24.7 Å². The number of nitrogens with two attached hydrogens (primary N) is 1. The first kappa shape index (κ1) is 16.9. The van der Waals surface area contributed by atoms with Gasteiger partial charge in [-0.3, -0.25) is 4.79 Å². The van der Waals surface area contributed by atoms with Crippen molar-refractivity contribution in [1.82, 2.24) is 0 Å². The van der Waals surface area contributed by atoms with Crippen LogP contribution in [0.2, 0.25) is 0 Å². The molecule has 2 rings (SSSR count). The van der Waals surface area contributed by atoms with Crippen molar-refractivity contribution in [3.63, 3.8) is 0 Å². The van der Waals surface area contributed by atoms with Crippen molar-refractivity contribution >= 4 is 17.3 Å². The smallest absolute Gasteiger partial charge is 0.305 e. The second kappa shape index (κ2) is 8.83. The Morgan fingerprint density at radius 2 is 1.78 bits per heavy atom. The van der Waals surface area contributed by atoms with Crippen LogP contribution in [0.1, 0.15) is 25.7 Å². The van der Waals surface area contributed by atoms with Gasteiger partial charge in [-0.25, -0.2) is 0 Å². The molecule has 0 saturated heterocycles. The third kappa shape index (κ3) is 5.66. The monoisotopic (exact) mass is 312 g/mol. The molecule has 4 nitrogen and oxygen atoms in total. The van der Waals surface area contributed by atoms with Crippen LogP contribution in [0.15, 0.2) is 48.5 Å². The van der Waals surface area contributed by atoms with E-state index in [1.165, 1.54) is 7.11 Å². The van der Waals surface area contributed by atoms with E-state index in [4.69, 9.17) is 5.73 Å². The van der Waals surface area contributed by atoms with Gasteiger partial charge in [0.05, 0.1) is 7.11 Å². The summed E-state index contributed by atoms with van der Waals surface area (Å²) in [7, 11) is 1.43. The van der Waals surface area contributed by atoms with E-state index in [9.17, 15) is 4.79 Å². The van der Waals surface area contributed by atoms with Gasteiger partial charge in [0.1, 0.15) is 0 Å². The summed E-state index contributed by atoms with van der Waals surface area (Å²) in [4.78, 5) is 11.0. The summed E-state index contributed by atoms with van der Waals surface area (Å²) in [6, 6.07) is 16.2. The van der Waals surface area contributed by atoms with Crippen molar-refractivity contribution in [2.24, 2.45) is 0 Å². The quantitative estimate of drug-likeness (QED) is 0.438. The first-order valence-corrected chi connectivity index (χ1v) is 7.96. The van der Waals surface area contributed by atoms with Crippen molar-refractivity contribution < 1.29 is 9.53 Å². The fraction of sp³-hybridized carbons (Fsp3) is 0.316. The van der Waals surface area contributed by atoms with Gasteiger partial charge in [0.15, 0.2) is 0 Å². The zero-order chi connectivity index (χ0) is 16.5. The average Bonchev–Trinajstić information content (AvgIpc) is 2.58. The molecule has 0 fully saturated rings. The number of carbonyl (C=O) groups is 1. The van der Waals surface area contributed by atoms with Crippen LogP contribution in [-0.2, 0) is 9.53 Å². The maximum atomic E-state index is 11.0. The molecular weight excluding hydrogens is 288 g/mol. The molecule has 0 aliphatic heterocycles. The number of nitrogens with one attached hydrogen (secondary N) is 1. The van der Waals surface area contributed by atoms with Crippen LogP contribution in [0.5, 0.6) is 0 Å².